The van der Waals surface area contributed by atoms with Crippen LogP contribution in [-0.2, 0) is 4.79 Å². The second kappa shape index (κ2) is 7.75. The van der Waals surface area contributed by atoms with Gasteiger partial charge in [0.2, 0.25) is 0 Å². The molecule has 0 saturated heterocycles. The van der Waals surface area contributed by atoms with E-state index in [1.54, 1.807) is 13.0 Å². The van der Waals surface area contributed by atoms with Gasteiger partial charge in [0.05, 0.1) is 9.80 Å². The number of nitrogens with zero attached hydrogens (tertiary/aromatic N) is 1. The van der Waals surface area contributed by atoms with Crippen LogP contribution >= 0.6 is 11.3 Å². The average molecular weight is 363 g/mol. The van der Waals surface area contributed by atoms with E-state index >= 15 is 0 Å². The first-order valence-corrected chi connectivity index (χ1v) is 8.13. The molecule has 2 N–H and O–H groups in total. The minimum absolute atomic E-state index is 0.125. The van der Waals surface area contributed by atoms with Gasteiger partial charge in [-0.1, -0.05) is 6.07 Å². The maximum Gasteiger partial charge on any atom is 0.283 e. The lowest BCUT2D eigenvalue weighted by Crippen LogP contribution is -2.43. The normalized spacial score (nSPS) is 10.2. The van der Waals surface area contributed by atoms with Crippen molar-refractivity contribution < 1.29 is 19.2 Å². The Kier molecular flexibility index (Phi) is 5.71. The van der Waals surface area contributed by atoms with Crippen LogP contribution in [0.2, 0.25) is 0 Å². The van der Waals surface area contributed by atoms with E-state index in [-0.39, 0.29) is 17.2 Å². The number of hydrazine groups is 1. The third kappa shape index (κ3) is 4.77. The highest BCUT2D eigenvalue weighted by Gasteiger charge is 2.19. The summed E-state index contributed by atoms with van der Waals surface area (Å²) in [4.78, 5) is 34.4. The van der Waals surface area contributed by atoms with E-state index in [4.69, 9.17) is 4.74 Å². The maximum absolute atomic E-state index is 11.9. The summed E-state index contributed by atoms with van der Waals surface area (Å²) in [6.07, 6.45) is 0. The minimum atomic E-state index is -0.624. The minimum Gasteiger partial charge on any atom is -0.484 e. The fraction of sp³-hybridized carbons (Fsp3) is 0.250. The predicted octanol–water partition coefficient (Wildman–Crippen LogP) is 2.42. The Bertz CT molecular complexity index is 831. The number of hydrogen-bond donors (Lipinski definition) is 2. The molecule has 0 radical (unpaired) electrons. The Balaban J connectivity index is 1.85. The lowest BCUT2D eigenvalue weighted by molar-refractivity contribution is -0.385. The second-order valence-electron chi connectivity index (χ2n) is 5.35. The molecule has 1 aromatic carbocycles. The van der Waals surface area contributed by atoms with Crippen LogP contribution in [0, 0.1) is 30.9 Å². The zero-order chi connectivity index (χ0) is 18.6. The SMILES string of the molecule is Cc1ccc(OCC(=O)NNC(=O)c2cc([N+](=O)[O-])c(C)s2)cc1C. The molecule has 0 atom stereocenters. The van der Waals surface area contributed by atoms with Crippen molar-refractivity contribution in [3.8, 4) is 5.75 Å². The molecule has 2 rings (SSSR count). The first-order valence-electron chi connectivity index (χ1n) is 7.32. The number of benzene rings is 1. The van der Waals surface area contributed by atoms with Crippen LogP contribution < -0.4 is 15.6 Å². The zero-order valence-electron chi connectivity index (χ0n) is 13.9. The number of aryl methyl sites for hydroxylation is 3. The number of ether oxygens (including phenoxy) is 1. The summed E-state index contributed by atoms with van der Waals surface area (Å²) in [5, 5.41) is 10.8. The van der Waals surface area contributed by atoms with Crippen molar-refractivity contribution in [2.24, 2.45) is 0 Å². The van der Waals surface area contributed by atoms with Gasteiger partial charge in [-0.25, -0.2) is 0 Å². The molecule has 132 valence electrons. The van der Waals surface area contributed by atoms with Crippen molar-refractivity contribution in [3.05, 3.63) is 55.3 Å². The van der Waals surface area contributed by atoms with Crippen LogP contribution in [0.15, 0.2) is 24.3 Å². The smallest absolute Gasteiger partial charge is 0.283 e. The van der Waals surface area contributed by atoms with Gasteiger partial charge in [-0.05, 0) is 44.0 Å². The Morgan fingerprint density at radius 3 is 2.48 bits per heavy atom. The number of hydrogen-bond acceptors (Lipinski definition) is 6. The number of rotatable bonds is 5. The highest BCUT2D eigenvalue weighted by atomic mass is 32.1. The first-order chi connectivity index (χ1) is 11.8. The Morgan fingerprint density at radius 2 is 1.88 bits per heavy atom. The monoisotopic (exact) mass is 363 g/mol. The molecule has 25 heavy (non-hydrogen) atoms. The number of nitro groups is 1. The van der Waals surface area contributed by atoms with Crippen molar-refractivity contribution in [3.63, 3.8) is 0 Å². The summed E-state index contributed by atoms with van der Waals surface area (Å²) in [6.45, 7) is 5.19. The molecular weight excluding hydrogens is 346 g/mol. The van der Waals surface area contributed by atoms with Gasteiger partial charge in [0, 0.05) is 6.07 Å². The molecule has 0 fully saturated rings. The molecule has 9 heteroatoms. The molecule has 8 nitrogen and oxygen atoms in total. The molecule has 0 aliphatic rings. The maximum atomic E-state index is 11.9. The van der Waals surface area contributed by atoms with Crippen molar-refractivity contribution >= 4 is 28.8 Å². The summed E-state index contributed by atoms with van der Waals surface area (Å²) in [6, 6.07) is 6.62. The molecule has 0 unspecified atom stereocenters. The zero-order valence-corrected chi connectivity index (χ0v) is 14.7. The summed E-state index contributed by atoms with van der Waals surface area (Å²) in [5.41, 5.74) is 6.44. The first kappa shape index (κ1) is 18.4. The van der Waals surface area contributed by atoms with Crippen LogP contribution in [0.5, 0.6) is 5.75 Å². The molecule has 0 saturated carbocycles. The highest BCUT2D eigenvalue weighted by molar-refractivity contribution is 7.14. The molecule has 0 bridgehead atoms. The van der Waals surface area contributed by atoms with Gasteiger partial charge in [-0.15, -0.1) is 11.3 Å². The van der Waals surface area contributed by atoms with Gasteiger partial charge in [-0.3, -0.25) is 30.6 Å². The van der Waals surface area contributed by atoms with Gasteiger partial charge in [0.1, 0.15) is 10.6 Å². The van der Waals surface area contributed by atoms with Gasteiger partial charge in [0.25, 0.3) is 17.5 Å². The molecular formula is C16H17N3O5S. The van der Waals surface area contributed by atoms with Crippen LogP contribution in [0.25, 0.3) is 0 Å². The summed E-state index contributed by atoms with van der Waals surface area (Å²) < 4.78 is 5.35. The second-order valence-corrected chi connectivity index (χ2v) is 6.60. The highest BCUT2D eigenvalue weighted by Crippen LogP contribution is 2.27. The van der Waals surface area contributed by atoms with E-state index < -0.39 is 16.7 Å². The summed E-state index contributed by atoms with van der Waals surface area (Å²) in [5.74, 6) is -0.621. The van der Waals surface area contributed by atoms with Gasteiger partial charge >= 0.3 is 0 Å². The van der Waals surface area contributed by atoms with Crippen LogP contribution in [0.1, 0.15) is 25.7 Å². The van der Waals surface area contributed by atoms with Gasteiger partial charge in [0.15, 0.2) is 6.61 Å². The predicted molar refractivity (Wildman–Crippen MR) is 92.7 cm³/mol. The van der Waals surface area contributed by atoms with E-state index in [0.717, 1.165) is 22.5 Å². The topological polar surface area (TPSA) is 111 Å². The fourth-order valence-electron chi connectivity index (χ4n) is 1.94. The molecule has 2 amide bonds. The van der Waals surface area contributed by atoms with Crippen LogP contribution in [-0.4, -0.2) is 23.3 Å². The lowest BCUT2D eigenvalue weighted by atomic mass is 10.1. The quantitative estimate of drug-likeness (QED) is 0.626. The van der Waals surface area contributed by atoms with E-state index in [9.17, 15) is 19.7 Å². The van der Waals surface area contributed by atoms with E-state index in [1.807, 2.05) is 26.0 Å². The summed E-state index contributed by atoms with van der Waals surface area (Å²) in [7, 11) is 0. The van der Waals surface area contributed by atoms with E-state index in [1.165, 1.54) is 6.07 Å². The summed E-state index contributed by atoms with van der Waals surface area (Å²) >= 11 is 0.979. The van der Waals surface area contributed by atoms with Crippen molar-refractivity contribution in [2.45, 2.75) is 20.8 Å². The van der Waals surface area contributed by atoms with Gasteiger partial charge in [-0.2, -0.15) is 0 Å². The van der Waals surface area contributed by atoms with Crippen molar-refractivity contribution in [1.29, 1.82) is 0 Å². The van der Waals surface area contributed by atoms with E-state index in [2.05, 4.69) is 10.9 Å². The van der Waals surface area contributed by atoms with Crippen molar-refractivity contribution in [1.82, 2.24) is 10.9 Å². The Morgan fingerprint density at radius 1 is 1.16 bits per heavy atom. The number of carbonyl (C=O) groups is 2. The molecule has 0 aliphatic carbocycles. The number of amides is 2. The van der Waals surface area contributed by atoms with E-state index in [0.29, 0.717) is 10.6 Å². The van der Waals surface area contributed by atoms with Gasteiger partial charge < -0.3 is 4.74 Å². The molecule has 2 aromatic rings. The average Bonchev–Trinajstić information content (AvgIpc) is 2.96. The Labute approximate surface area is 147 Å². The van der Waals surface area contributed by atoms with Crippen LogP contribution in [0.4, 0.5) is 5.69 Å². The fourth-order valence-corrected chi connectivity index (χ4v) is 2.82. The van der Waals surface area contributed by atoms with Crippen LogP contribution in [0.3, 0.4) is 0 Å². The largest absolute Gasteiger partial charge is 0.484 e. The lowest BCUT2D eigenvalue weighted by Gasteiger charge is -2.09. The number of nitrogens with one attached hydrogen (secondary N) is 2. The number of carbonyl (C=O) groups excluding carboxylic acids is 2. The number of thiophene rings is 1. The Hall–Kier alpha value is -2.94. The standard InChI is InChI=1S/C16H17N3O5S/c1-9-4-5-12(6-10(9)2)24-8-15(20)17-18-16(21)14-7-13(19(22)23)11(3)25-14/h4-7H,8H2,1-3H3,(H,17,20)(H,18,21). The third-order valence-corrected chi connectivity index (χ3v) is 4.51. The third-order valence-electron chi connectivity index (χ3n) is 3.48. The molecule has 0 spiro atoms. The molecule has 1 aromatic heterocycles. The van der Waals surface area contributed by atoms with Crippen molar-refractivity contribution in [2.75, 3.05) is 6.61 Å². The molecule has 1 heterocycles. The molecule has 0 aliphatic heterocycles.